The first-order valence-electron chi connectivity index (χ1n) is 12.8. The summed E-state index contributed by atoms with van der Waals surface area (Å²) in [4.78, 5) is 25.5. The smallest absolute Gasteiger partial charge is 0.410 e. The van der Waals surface area contributed by atoms with Crippen LogP contribution in [0.3, 0.4) is 0 Å². The summed E-state index contributed by atoms with van der Waals surface area (Å²) in [5.41, 5.74) is 1.67. The maximum Gasteiger partial charge on any atom is 0.410 e. The fourth-order valence-electron chi connectivity index (χ4n) is 6.28. The number of amides is 1. The third-order valence-corrected chi connectivity index (χ3v) is 8.65. The second-order valence-corrected chi connectivity index (χ2v) is 10.7. The highest BCUT2D eigenvalue weighted by Crippen LogP contribution is 2.52. The average molecular weight is 500 g/mol. The average Bonchev–Trinajstić information content (AvgIpc) is 3.52. The standard InChI is InChI=1S/C27H34FN3O5/c1-30(19-5-3-4-6-19)25(34)35-16-23-20(15-29-31(23)2)18-7-8-21(22(28)13-18)26-9-11-27(12-10-26,36-17-26)14-24(32)33/h7-8,13,15,19H,3-6,9-12,14,16-17H2,1-2H3,(H,32,33). The number of carboxylic acid groups (broad SMARTS) is 1. The number of carboxylic acids is 1. The molecule has 4 aliphatic rings. The van der Waals surface area contributed by atoms with Crippen molar-refractivity contribution in [2.24, 2.45) is 7.05 Å². The predicted molar refractivity (Wildman–Crippen MR) is 130 cm³/mol. The Morgan fingerprint density at radius 2 is 1.97 bits per heavy atom. The van der Waals surface area contributed by atoms with E-state index in [0.29, 0.717) is 49.1 Å². The van der Waals surface area contributed by atoms with Gasteiger partial charge in [-0.05, 0) is 55.7 Å². The Labute approximate surface area is 210 Å². The van der Waals surface area contributed by atoms with Crippen molar-refractivity contribution < 1.29 is 28.6 Å². The lowest BCUT2D eigenvalue weighted by atomic mass is 9.62. The number of aliphatic carboxylic acids is 1. The van der Waals surface area contributed by atoms with E-state index in [1.165, 1.54) is 6.07 Å². The van der Waals surface area contributed by atoms with Crippen molar-refractivity contribution in [3.63, 3.8) is 0 Å². The number of ether oxygens (including phenoxy) is 2. The first-order chi connectivity index (χ1) is 17.2. The summed E-state index contributed by atoms with van der Waals surface area (Å²) in [5, 5.41) is 13.6. The van der Waals surface area contributed by atoms with E-state index in [1.807, 2.05) is 12.1 Å². The Balaban J connectivity index is 1.31. The van der Waals surface area contributed by atoms with E-state index in [-0.39, 0.29) is 31.0 Å². The predicted octanol–water partition coefficient (Wildman–Crippen LogP) is 4.79. The van der Waals surface area contributed by atoms with Gasteiger partial charge in [-0.15, -0.1) is 0 Å². The van der Waals surface area contributed by atoms with Crippen LogP contribution in [0.5, 0.6) is 0 Å². The number of benzene rings is 1. The highest BCUT2D eigenvalue weighted by molar-refractivity contribution is 5.70. The van der Waals surface area contributed by atoms with Crippen molar-refractivity contribution in [2.75, 3.05) is 13.7 Å². The van der Waals surface area contributed by atoms with Gasteiger partial charge in [0.25, 0.3) is 0 Å². The summed E-state index contributed by atoms with van der Waals surface area (Å²) in [5.74, 6) is -1.17. The van der Waals surface area contributed by atoms with Crippen molar-refractivity contribution in [2.45, 2.75) is 81.5 Å². The first kappa shape index (κ1) is 24.7. The van der Waals surface area contributed by atoms with Crippen LogP contribution < -0.4 is 0 Å². The second-order valence-electron chi connectivity index (χ2n) is 10.7. The van der Waals surface area contributed by atoms with Crippen molar-refractivity contribution in [1.82, 2.24) is 14.7 Å². The van der Waals surface area contributed by atoms with Crippen LogP contribution in [0.4, 0.5) is 9.18 Å². The van der Waals surface area contributed by atoms with Crippen molar-refractivity contribution in [3.05, 3.63) is 41.5 Å². The molecule has 0 unspecified atom stereocenters. The molecular weight excluding hydrogens is 465 g/mol. The largest absolute Gasteiger partial charge is 0.481 e. The van der Waals surface area contributed by atoms with E-state index in [2.05, 4.69) is 5.10 Å². The van der Waals surface area contributed by atoms with E-state index < -0.39 is 17.0 Å². The van der Waals surface area contributed by atoms with Crippen LogP contribution in [-0.4, -0.2) is 57.1 Å². The van der Waals surface area contributed by atoms with Crippen LogP contribution in [0, 0.1) is 5.82 Å². The summed E-state index contributed by atoms with van der Waals surface area (Å²) in [6, 6.07) is 5.45. The maximum atomic E-state index is 15.5. The minimum Gasteiger partial charge on any atom is -0.481 e. The molecule has 2 aliphatic heterocycles. The molecular formula is C27H34FN3O5. The van der Waals surface area contributed by atoms with Gasteiger partial charge in [0.05, 0.1) is 30.5 Å². The van der Waals surface area contributed by atoms with Gasteiger partial charge >= 0.3 is 12.1 Å². The number of hydrogen-bond donors (Lipinski definition) is 1. The molecule has 2 aromatic rings. The third-order valence-electron chi connectivity index (χ3n) is 8.65. The topological polar surface area (TPSA) is 93.9 Å². The van der Waals surface area contributed by atoms with Gasteiger partial charge in [-0.25, -0.2) is 9.18 Å². The van der Waals surface area contributed by atoms with Gasteiger partial charge in [-0.1, -0.05) is 25.0 Å². The molecule has 194 valence electrons. The normalized spacial score (nSPS) is 25.8. The molecule has 2 saturated heterocycles. The van der Waals surface area contributed by atoms with E-state index in [0.717, 1.165) is 31.2 Å². The van der Waals surface area contributed by atoms with Gasteiger partial charge in [-0.3, -0.25) is 9.48 Å². The zero-order chi connectivity index (χ0) is 25.5. The van der Waals surface area contributed by atoms with E-state index >= 15 is 4.39 Å². The molecule has 0 atom stereocenters. The molecule has 9 heteroatoms. The second kappa shape index (κ2) is 9.50. The number of carbonyl (C=O) groups is 2. The molecule has 1 amide bonds. The maximum absolute atomic E-state index is 15.5. The number of carbonyl (C=O) groups excluding carboxylic acids is 1. The van der Waals surface area contributed by atoms with Crippen molar-refractivity contribution in [1.29, 1.82) is 0 Å². The minimum absolute atomic E-state index is 0.00466. The molecule has 0 spiro atoms. The lowest BCUT2D eigenvalue weighted by molar-refractivity contribution is -0.175. The molecule has 3 heterocycles. The molecule has 1 aromatic heterocycles. The number of halogens is 1. The van der Waals surface area contributed by atoms with Crippen LogP contribution in [0.2, 0.25) is 0 Å². The Hall–Kier alpha value is -2.94. The van der Waals surface area contributed by atoms with Gasteiger partial charge in [0.2, 0.25) is 0 Å². The molecule has 2 aliphatic carbocycles. The molecule has 2 saturated carbocycles. The Kier molecular flexibility index (Phi) is 6.53. The highest BCUT2D eigenvalue weighted by Gasteiger charge is 2.52. The molecule has 8 nitrogen and oxygen atoms in total. The first-order valence-corrected chi connectivity index (χ1v) is 12.8. The van der Waals surface area contributed by atoms with E-state index in [4.69, 9.17) is 9.47 Å². The third kappa shape index (κ3) is 4.49. The molecule has 0 radical (unpaired) electrons. The Morgan fingerprint density at radius 3 is 2.58 bits per heavy atom. The number of aryl methyl sites for hydroxylation is 1. The number of hydrogen-bond acceptors (Lipinski definition) is 5. The zero-order valence-corrected chi connectivity index (χ0v) is 21.0. The number of nitrogens with zero attached hydrogens (tertiary/aromatic N) is 3. The molecule has 1 aromatic carbocycles. The SMILES string of the molecule is CN(C(=O)OCc1c(-c2ccc(C34CCC(CC(=O)O)(CC3)OC4)c(F)c2)cnn1C)C1CCCC1. The molecule has 2 bridgehead atoms. The van der Waals surface area contributed by atoms with Crippen LogP contribution in [0.15, 0.2) is 24.4 Å². The quantitative estimate of drug-likeness (QED) is 0.589. The summed E-state index contributed by atoms with van der Waals surface area (Å²) in [6.07, 6.45) is 8.22. The zero-order valence-electron chi connectivity index (χ0n) is 21.0. The highest BCUT2D eigenvalue weighted by atomic mass is 19.1. The van der Waals surface area contributed by atoms with Gasteiger partial charge in [0, 0.05) is 31.1 Å². The molecule has 1 N–H and O–H groups in total. The number of rotatable bonds is 7. The number of fused-ring (bicyclic) bond motifs is 3. The lowest BCUT2D eigenvalue weighted by Crippen LogP contribution is -2.54. The van der Waals surface area contributed by atoms with Gasteiger partial charge < -0.3 is 19.5 Å². The summed E-state index contributed by atoms with van der Waals surface area (Å²) >= 11 is 0. The van der Waals surface area contributed by atoms with Gasteiger partial charge in [-0.2, -0.15) is 5.10 Å². The Bertz CT molecular complexity index is 1130. The lowest BCUT2D eigenvalue weighted by Gasteiger charge is -2.53. The fourth-order valence-corrected chi connectivity index (χ4v) is 6.28. The monoisotopic (exact) mass is 499 g/mol. The van der Waals surface area contributed by atoms with Crippen LogP contribution in [0.25, 0.3) is 11.1 Å². The summed E-state index contributed by atoms with van der Waals surface area (Å²) in [7, 11) is 3.56. The van der Waals surface area contributed by atoms with Gasteiger partial charge in [0.1, 0.15) is 12.4 Å². The van der Waals surface area contributed by atoms with E-state index in [1.54, 1.807) is 29.9 Å². The molecule has 4 fully saturated rings. The van der Waals surface area contributed by atoms with Gasteiger partial charge in [0.15, 0.2) is 0 Å². The minimum atomic E-state index is -0.858. The van der Waals surface area contributed by atoms with Crippen LogP contribution >= 0.6 is 0 Å². The summed E-state index contributed by atoms with van der Waals surface area (Å²) in [6.45, 7) is 0.383. The molecule has 6 rings (SSSR count). The van der Waals surface area contributed by atoms with Crippen LogP contribution in [-0.2, 0) is 33.3 Å². The molecule has 36 heavy (non-hydrogen) atoms. The van der Waals surface area contributed by atoms with E-state index in [9.17, 15) is 14.7 Å². The fraction of sp³-hybridized carbons (Fsp3) is 0.593. The van der Waals surface area contributed by atoms with Crippen molar-refractivity contribution in [3.8, 4) is 11.1 Å². The Morgan fingerprint density at radius 1 is 1.25 bits per heavy atom. The number of aromatic nitrogens is 2. The van der Waals surface area contributed by atoms with Crippen molar-refractivity contribution >= 4 is 12.1 Å². The van der Waals surface area contributed by atoms with Crippen LogP contribution in [0.1, 0.15) is 69.0 Å². The summed E-state index contributed by atoms with van der Waals surface area (Å²) < 4.78 is 28.8.